The van der Waals surface area contributed by atoms with E-state index in [1.54, 1.807) is 13.3 Å². The molecule has 0 radical (unpaired) electrons. The fourth-order valence-corrected chi connectivity index (χ4v) is 3.00. The van der Waals surface area contributed by atoms with Gasteiger partial charge in [0, 0.05) is 37.2 Å². The molecule has 0 amide bonds. The zero-order valence-electron chi connectivity index (χ0n) is 15.4. The van der Waals surface area contributed by atoms with Gasteiger partial charge in [0.1, 0.15) is 5.75 Å². The molecule has 136 valence electrons. The first-order chi connectivity index (χ1) is 12.0. The molecule has 1 aromatic carbocycles. The van der Waals surface area contributed by atoms with E-state index >= 15 is 0 Å². The molecule has 0 aliphatic carbocycles. The monoisotopic (exact) mass is 344 g/mol. The van der Waals surface area contributed by atoms with Gasteiger partial charge in [-0.05, 0) is 24.1 Å². The number of benzene rings is 1. The summed E-state index contributed by atoms with van der Waals surface area (Å²) in [5.41, 5.74) is 1.33. The van der Waals surface area contributed by atoms with Crippen LogP contribution in [0.3, 0.4) is 0 Å². The molecule has 0 atom stereocenters. The summed E-state index contributed by atoms with van der Waals surface area (Å²) in [6.45, 7) is 6.63. The number of hydrogen-bond donors (Lipinski definition) is 0. The van der Waals surface area contributed by atoms with Gasteiger partial charge < -0.3 is 18.8 Å². The molecule has 1 fully saturated rings. The van der Waals surface area contributed by atoms with Crippen molar-refractivity contribution in [1.29, 1.82) is 0 Å². The molecule has 0 saturated carbocycles. The van der Waals surface area contributed by atoms with Gasteiger partial charge in [0.2, 0.25) is 0 Å². The number of nitrogens with zero attached hydrogens (tertiary/aromatic N) is 2. The van der Waals surface area contributed by atoms with Crippen molar-refractivity contribution >= 4 is 0 Å². The SMILES string of the molecule is COc1ccc(CCC2(CCn3ccnc3)OCC(C)(C)CO2)cc1. The highest BCUT2D eigenvalue weighted by atomic mass is 16.7. The van der Waals surface area contributed by atoms with E-state index < -0.39 is 5.79 Å². The minimum absolute atomic E-state index is 0.0681. The lowest BCUT2D eigenvalue weighted by molar-refractivity contribution is -0.305. The maximum atomic E-state index is 6.27. The number of aromatic nitrogens is 2. The van der Waals surface area contributed by atoms with E-state index in [1.165, 1.54) is 5.56 Å². The number of aryl methyl sites for hydroxylation is 2. The summed E-state index contributed by atoms with van der Waals surface area (Å²) in [5.74, 6) is 0.352. The van der Waals surface area contributed by atoms with Gasteiger partial charge in [0.15, 0.2) is 5.79 Å². The van der Waals surface area contributed by atoms with E-state index in [-0.39, 0.29) is 5.41 Å². The van der Waals surface area contributed by atoms with Crippen LogP contribution in [0.4, 0.5) is 0 Å². The van der Waals surface area contributed by atoms with Crippen molar-refractivity contribution in [2.24, 2.45) is 5.41 Å². The van der Waals surface area contributed by atoms with E-state index in [0.29, 0.717) is 0 Å². The van der Waals surface area contributed by atoms with Crippen LogP contribution < -0.4 is 4.74 Å². The number of methoxy groups -OCH3 is 1. The van der Waals surface area contributed by atoms with Crippen LogP contribution in [0.2, 0.25) is 0 Å². The Balaban J connectivity index is 1.65. The van der Waals surface area contributed by atoms with Gasteiger partial charge >= 0.3 is 0 Å². The van der Waals surface area contributed by atoms with Crippen molar-refractivity contribution in [3.05, 3.63) is 48.5 Å². The Morgan fingerprint density at radius 1 is 1.12 bits per heavy atom. The van der Waals surface area contributed by atoms with E-state index in [4.69, 9.17) is 14.2 Å². The average Bonchev–Trinajstić information content (AvgIpc) is 3.14. The molecule has 1 aliphatic heterocycles. The molecule has 2 aromatic rings. The number of rotatable bonds is 7. The summed E-state index contributed by atoms with van der Waals surface area (Å²) in [7, 11) is 1.69. The van der Waals surface area contributed by atoms with Crippen LogP contribution in [0, 0.1) is 5.41 Å². The molecule has 5 nitrogen and oxygen atoms in total. The Morgan fingerprint density at radius 3 is 2.44 bits per heavy atom. The summed E-state index contributed by atoms with van der Waals surface area (Å²) >= 11 is 0. The number of ether oxygens (including phenoxy) is 3. The Hall–Kier alpha value is -1.85. The van der Waals surface area contributed by atoms with Crippen LogP contribution in [0.5, 0.6) is 5.75 Å². The number of hydrogen-bond acceptors (Lipinski definition) is 4. The fraction of sp³-hybridized carbons (Fsp3) is 0.550. The molecule has 1 saturated heterocycles. The summed E-state index contributed by atoms with van der Waals surface area (Å²) < 4.78 is 19.8. The van der Waals surface area contributed by atoms with Crippen molar-refractivity contribution in [2.45, 2.75) is 45.4 Å². The molecule has 0 spiro atoms. The van der Waals surface area contributed by atoms with Crippen LogP contribution in [-0.4, -0.2) is 35.7 Å². The first-order valence-corrected chi connectivity index (χ1v) is 8.87. The third kappa shape index (κ3) is 4.83. The quantitative estimate of drug-likeness (QED) is 0.768. The molecule has 3 rings (SSSR count). The van der Waals surface area contributed by atoms with Crippen molar-refractivity contribution < 1.29 is 14.2 Å². The summed E-state index contributed by atoms with van der Waals surface area (Å²) in [4.78, 5) is 4.11. The molecule has 5 heteroatoms. The lowest BCUT2D eigenvalue weighted by atomic mass is 9.92. The van der Waals surface area contributed by atoms with Gasteiger partial charge in [-0.3, -0.25) is 0 Å². The Morgan fingerprint density at radius 2 is 1.84 bits per heavy atom. The van der Waals surface area contributed by atoms with Crippen molar-refractivity contribution in [3.8, 4) is 5.75 Å². The third-order valence-corrected chi connectivity index (χ3v) is 4.72. The lowest BCUT2D eigenvalue weighted by Crippen LogP contribution is -2.48. The van der Waals surface area contributed by atoms with Gasteiger partial charge in [0.25, 0.3) is 0 Å². The van der Waals surface area contributed by atoms with Crippen LogP contribution in [0.25, 0.3) is 0 Å². The summed E-state index contributed by atoms with van der Waals surface area (Å²) in [6, 6.07) is 8.21. The maximum absolute atomic E-state index is 6.27. The molecular weight excluding hydrogens is 316 g/mol. The van der Waals surface area contributed by atoms with Gasteiger partial charge in [-0.15, -0.1) is 0 Å². The van der Waals surface area contributed by atoms with Crippen molar-refractivity contribution in [3.63, 3.8) is 0 Å². The Bertz CT molecular complexity index is 640. The highest BCUT2D eigenvalue weighted by Crippen LogP contribution is 2.35. The molecule has 1 aliphatic rings. The summed E-state index contributed by atoms with van der Waals surface area (Å²) in [6.07, 6.45) is 8.18. The standard InChI is InChI=1S/C20H28N2O3/c1-19(2)14-24-20(25-15-19,10-12-22-13-11-21-16-22)9-8-17-4-6-18(23-3)7-5-17/h4-7,11,13,16H,8-10,12,14-15H2,1-3H3. The first kappa shape index (κ1) is 18.0. The summed E-state index contributed by atoms with van der Waals surface area (Å²) in [5, 5.41) is 0. The topological polar surface area (TPSA) is 45.5 Å². The second-order valence-corrected chi connectivity index (χ2v) is 7.55. The molecule has 25 heavy (non-hydrogen) atoms. The zero-order valence-corrected chi connectivity index (χ0v) is 15.4. The van der Waals surface area contributed by atoms with E-state index in [1.807, 2.05) is 24.7 Å². The average molecular weight is 344 g/mol. The highest BCUT2D eigenvalue weighted by Gasteiger charge is 2.40. The first-order valence-electron chi connectivity index (χ1n) is 8.87. The minimum Gasteiger partial charge on any atom is -0.497 e. The second kappa shape index (κ2) is 7.58. The fourth-order valence-electron chi connectivity index (χ4n) is 3.00. The maximum Gasteiger partial charge on any atom is 0.170 e. The van der Waals surface area contributed by atoms with Gasteiger partial charge in [-0.1, -0.05) is 26.0 Å². The molecule has 0 N–H and O–H groups in total. The predicted molar refractivity (Wildman–Crippen MR) is 96.6 cm³/mol. The Labute approximate surface area is 149 Å². The normalized spacial score (nSPS) is 18.8. The van der Waals surface area contributed by atoms with Gasteiger partial charge in [-0.25, -0.2) is 4.98 Å². The van der Waals surface area contributed by atoms with E-state index in [0.717, 1.165) is 44.8 Å². The molecular formula is C20H28N2O3. The second-order valence-electron chi connectivity index (χ2n) is 7.55. The van der Waals surface area contributed by atoms with Gasteiger partial charge in [0.05, 0.1) is 26.7 Å². The van der Waals surface area contributed by atoms with Crippen LogP contribution >= 0.6 is 0 Å². The Kier molecular flexibility index (Phi) is 5.45. The third-order valence-electron chi connectivity index (χ3n) is 4.72. The largest absolute Gasteiger partial charge is 0.497 e. The minimum atomic E-state index is -0.528. The smallest absolute Gasteiger partial charge is 0.170 e. The molecule has 0 unspecified atom stereocenters. The number of imidazole rings is 1. The van der Waals surface area contributed by atoms with Gasteiger partial charge in [-0.2, -0.15) is 0 Å². The van der Waals surface area contributed by atoms with Crippen molar-refractivity contribution in [2.75, 3.05) is 20.3 Å². The molecule has 1 aromatic heterocycles. The molecule has 0 bridgehead atoms. The zero-order chi connectivity index (χ0) is 17.8. The highest BCUT2D eigenvalue weighted by molar-refractivity contribution is 5.27. The molecule has 2 heterocycles. The van der Waals surface area contributed by atoms with Crippen LogP contribution in [-0.2, 0) is 22.4 Å². The van der Waals surface area contributed by atoms with E-state index in [2.05, 4.69) is 35.5 Å². The van der Waals surface area contributed by atoms with Crippen LogP contribution in [0.15, 0.2) is 43.0 Å². The van der Waals surface area contributed by atoms with Crippen LogP contribution in [0.1, 0.15) is 32.3 Å². The lowest BCUT2D eigenvalue weighted by Gasteiger charge is -2.44. The van der Waals surface area contributed by atoms with E-state index in [9.17, 15) is 0 Å². The predicted octanol–water partition coefficient (Wildman–Crippen LogP) is 3.68. The van der Waals surface area contributed by atoms with Crippen molar-refractivity contribution in [1.82, 2.24) is 9.55 Å².